The van der Waals surface area contributed by atoms with Crippen molar-refractivity contribution in [2.45, 2.75) is 32.4 Å². The van der Waals surface area contributed by atoms with E-state index in [2.05, 4.69) is 4.99 Å². The molecule has 0 N–H and O–H groups in total. The van der Waals surface area contributed by atoms with Gasteiger partial charge in [-0.2, -0.15) is 4.99 Å². The molecule has 0 aliphatic carbocycles. The molecule has 0 bridgehead atoms. The van der Waals surface area contributed by atoms with Crippen LogP contribution in [-0.2, 0) is 14.3 Å². The van der Waals surface area contributed by atoms with Crippen molar-refractivity contribution in [1.82, 2.24) is 0 Å². The summed E-state index contributed by atoms with van der Waals surface area (Å²) >= 11 is 0. The molecule has 0 amide bonds. The van der Waals surface area contributed by atoms with E-state index in [9.17, 15) is 9.59 Å². The molecule has 0 radical (unpaired) electrons. The second-order valence-electron chi connectivity index (χ2n) is 4.57. The third-order valence-electron chi connectivity index (χ3n) is 1.93. The molecule has 1 atom stereocenters. The van der Waals surface area contributed by atoms with E-state index in [1.807, 2.05) is 6.07 Å². The van der Waals surface area contributed by atoms with Gasteiger partial charge in [0.15, 0.2) is 6.04 Å². The van der Waals surface area contributed by atoms with Crippen LogP contribution in [0.3, 0.4) is 0 Å². The molecule has 0 spiro atoms. The van der Waals surface area contributed by atoms with Gasteiger partial charge in [0.1, 0.15) is 5.60 Å². The molecule has 17 heavy (non-hydrogen) atoms. The maximum absolute atomic E-state index is 11.9. The quantitative estimate of drug-likeness (QED) is 0.457. The zero-order valence-corrected chi connectivity index (χ0v) is 10.1. The van der Waals surface area contributed by atoms with E-state index in [0.29, 0.717) is 5.56 Å². The minimum Gasteiger partial charge on any atom is -0.458 e. The average molecular weight is 233 g/mol. The SMILES string of the molecule is CC(C)(C)OC(=O)[C@@H](N=C=O)c1ccccc1. The standard InChI is InChI=1S/C13H15NO3/c1-13(2,3)17-12(16)11(14-9-15)10-7-5-4-6-8-10/h4-8,11H,1-3H3/t11-/m0/s1. The van der Waals surface area contributed by atoms with Gasteiger partial charge in [0.05, 0.1) is 0 Å². The molecular weight excluding hydrogens is 218 g/mol. The Kier molecular flexibility index (Phi) is 4.18. The van der Waals surface area contributed by atoms with Gasteiger partial charge in [-0.25, -0.2) is 9.59 Å². The van der Waals surface area contributed by atoms with Gasteiger partial charge in [0.2, 0.25) is 6.08 Å². The lowest BCUT2D eigenvalue weighted by Gasteiger charge is -2.21. The number of hydrogen-bond acceptors (Lipinski definition) is 4. The lowest BCUT2D eigenvalue weighted by Crippen LogP contribution is -2.27. The van der Waals surface area contributed by atoms with Gasteiger partial charge in [0.25, 0.3) is 0 Å². The van der Waals surface area contributed by atoms with Gasteiger partial charge in [-0.3, -0.25) is 0 Å². The highest BCUT2D eigenvalue weighted by atomic mass is 16.6. The van der Waals surface area contributed by atoms with E-state index >= 15 is 0 Å². The lowest BCUT2D eigenvalue weighted by atomic mass is 10.1. The Balaban J connectivity index is 2.95. The van der Waals surface area contributed by atoms with Crippen LogP contribution in [0.4, 0.5) is 0 Å². The molecule has 0 aliphatic heterocycles. The molecule has 0 aliphatic rings. The molecule has 1 aromatic carbocycles. The van der Waals surface area contributed by atoms with E-state index in [4.69, 9.17) is 4.74 Å². The summed E-state index contributed by atoms with van der Waals surface area (Å²) in [6.07, 6.45) is 1.41. The number of esters is 1. The Morgan fingerprint density at radius 2 is 1.88 bits per heavy atom. The fraction of sp³-hybridized carbons (Fsp3) is 0.385. The van der Waals surface area contributed by atoms with Crippen molar-refractivity contribution in [3.63, 3.8) is 0 Å². The van der Waals surface area contributed by atoms with Crippen molar-refractivity contribution >= 4 is 12.0 Å². The second-order valence-corrected chi connectivity index (χ2v) is 4.57. The van der Waals surface area contributed by atoms with E-state index in [-0.39, 0.29) is 0 Å². The van der Waals surface area contributed by atoms with Crippen LogP contribution in [-0.4, -0.2) is 17.7 Å². The van der Waals surface area contributed by atoms with Gasteiger partial charge < -0.3 is 4.74 Å². The summed E-state index contributed by atoms with van der Waals surface area (Å²) in [5.74, 6) is -0.549. The van der Waals surface area contributed by atoms with Gasteiger partial charge >= 0.3 is 5.97 Å². The van der Waals surface area contributed by atoms with Crippen LogP contribution in [0.2, 0.25) is 0 Å². The zero-order valence-electron chi connectivity index (χ0n) is 10.1. The summed E-state index contributed by atoms with van der Waals surface area (Å²) in [5, 5.41) is 0. The van der Waals surface area contributed by atoms with Crippen molar-refractivity contribution in [2.24, 2.45) is 4.99 Å². The Hall–Kier alpha value is -1.93. The molecule has 0 unspecified atom stereocenters. The smallest absolute Gasteiger partial charge is 0.336 e. The highest BCUT2D eigenvalue weighted by molar-refractivity contribution is 5.79. The number of rotatable bonds is 3. The summed E-state index contributed by atoms with van der Waals surface area (Å²) in [5.41, 5.74) is 0.00722. The fourth-order valence-corrected chi connectivity index (χ4v) is 1.31. The monoisotopic (exact) mass is 233 g/mol. The van der Waals surface area contributed by atoms with Crippen LogP contribution in [0.5, 0.6) is 0 Å². The molecule has 4 heteroatoms. The average Bonchev–Trinajstić information content (AvgIpc) is 2.24. The summed E-state index contributed by atoms with van der Waals surface area (Å²) < 4.78 is 5.20. The third-order valence-corrected chi connectivity index (χ3v) is 1.93. The first kappa shape index (κ1) is 13.1. The molecule has 0 saturated heterocycles. The van der Waals surface area contributed by atoms with Crippen LogP contribution in [0.15, 0.2) is 35.3 Å². The maximum Gasteiger partial charge on any atom is 0.336 e. The molecule has 0 fully saturated rings. The minimum atomic E-state index is -0.937. The maximum atomic E-state index is 11.9. The number of carbonyl (C=O) groups is 1. The minimum absolute atomic E-state index is 0.549. The van der Waals surface area contributed by atoms with E-state index in [0.717, 1.165) is 0 Å². The Morgan fingerprint density at radius 1 is 1.29 bits per heavy atom. The van der Waals surface area contributed by atoms with E-state index < -0.39 is 17.6 Å². The topological polar surface area (TPSA) is 55.7 Å². The normalized spacial score (nSPS) is 12.4. The van der Waals surface area contributed by atoms with Crippen LogP contribution in [0, 0.1) is 0 Å². The number of aliphatic imine (C=N–C) groups is 1. The number of benzene rings is 1. The van der Waals surface area contributed by atoms with Crippen molar-refractivity contribution < 1.29 is 14.3 Å². The first-order chi connectivity index (χ1) is 7.94. The van der Waals surface area contributed by atoms with Crippen LogP contribution in [0.1, 0.15) is 32.4 Å². The predicted molar refractivity (Wildman–Crippen MR) is 63.1 cm³/mol. The molecule has 1 rings (SSSR count). The van der Waals surface area contributed by atoms with Gasteiger partial charge in [-0.1, -0.05) is 30.3 Å². The third kappa shape index (κ3) is 4.21. The Morgan fingerprint density at radius 3 is 2.35 bits per heavy atom. The molecule has 90 valence electrons. The molecule has 0 saturated carbocycles. The molecule has 0 heterocycles. The lowest BCUT2D eigenvalue weighted by molar-refractivity contribution is -0.156. The Labute approximate surface area is 100 Å². The van der Waals surface area contributed by atoms with Crippen LogP contribution >= 0.6 is 0 Å². The second kappa shape index (κ2) is 5.41. The highest BCUT2D eigenvalue weighted by Gasteiger charge is 2.26. The molecule has 4 nitrogen and oxygen atoms in total. The van der Waals surface area contributed by atoms with Crippen molar-refractivity contribution in [3.05, 3.63) is 35.9 Å². The van der Waals surface area contributed by atoms with Crippen LogP contribution < -0.4 is 0 Å². The number of isocyanates is 1. The number of hydrogen-bond donors (Lipinski definition) is 0. The highest BCUT2D eigenvalue weighted by Crippen LogP contribution is 2.21. The van der Waals surface area contributed by atoms with Crippen molar-refractivity contribution in [1.29, 1.82) is 0 Å². The summed E-state index contributed by atoms with van der Waals surface area (Å²) in [6, 6.07) is 7.86. The van der Waals surface area contributed by atoms with Crippen molar-refractivity contribution in [3.8, 4) is 0 Å². The largest absolute Gasteiger partial charge is 0.458 e. The fourth-order valence-electron chi connectivity index (χ4n) is 1.31. The van der Waals surface area contributed by atoms with Gasteiger partial charge in [0, 0.05) is 0 Å². The molecule has 1 aromatic rings. The molecular formula is C13H15NO3. The summed E-state index contributed by atoms with van der Waals surface area (Å²) in [4.78, 5) is 25.7. The first-order valence-electron chi connectivity index (χ1n) is 5.29. The van der Waals surface area contributed by atoms with E-state index in [1.165, 1.54) is 6.08 Å². The van der Waals surface area contributed by atoms with Gasteiger partial charge in [-0.05, 0) is 26.3 Å². The first-order valence-corrected chi connectivity index (χ1v) is 5.29. The van der Waals surface area contributed by atoms with Crippen molar-refractivity contribution in [2.75, 3.05) is 0 Å². The summed E-state index contributed by atoms with van der Waals surface area (Å²) in [6.45, 7) is 5.28. The van der Waals surface area contributed by atoms with E-state index in [1.54, 1.807) is 45.0 Å². The Bertz CT molecular complexity index is 428. The molecule has 0 aromatic heterocycles. The van der Waals surface area contributed by atoms with Crippen LogP contribution in [0.25, 0.3) is 0 Å². The number of nitrogens with zero attached hydrogens (tertiary/aromatic N) is 1. The van der Waals surface area contributed by atoms with Gasteiger partial charge in [-0.15, -0.1) is 0 Å². The number of ether oxygens (including phenoxy) is 1. The predicted octanol–water partition coefficient (Wildman–Crippen LogP) is 2.41. The summed E-state index contributed by atoms with van der Waals surface area (Å²) in [7, 11) is 0. The zero-order chi connectivity index (χ0) is 12.9. The number of carbonyl (C=O) groups excluding carboxylic acids is 2.